The second kappa shape index (κ2) is 9.24. The molecule has 2 aromatic heterocycles. The highest BCUT2D eigenvalue weighted by Crippen LogP contribution is 2.41. The van der Waals surface area contributed by atoms with E-state index in [4.69, 9.17) is 14.3 Å². The second-order valence-electron chi connectivity index (χ2n) is 9.37. The fourth-order valence-electron chi connectivity index (χ4n) is 4.43. The molecule has 178 valence electrons. The number of carbonyl (C=O) groups is 1. The Morgan fingerprint density at radius 2 is 1.89 bits per heavy atom. The number of carbonyl (C=O) groups excluding carboxylic acids is 1. The van der Waals surface area contributed by atoms with Crippen molar-refractivity contribution in [1.29, 1.82) is 0 Å². The lowest BCUT2D eigenvalue weighted by Crippen LogP contribution is -2.27. The fraction of sp³-hybridized carbons (Fsp3) is 0.222. The van der Waals surface area contributed by atoms with Crippen LogP contribution in [0.1, 0.15) is 47.7 Å². The summed E-state index contributed by atoms with van der Waals surface area (Å²) < 4.78 is 13.5. The summed E-state index contributed by atoms with van der Waals surface area (Å²) in [6, 6.07) is 15.4. The number of fused-ring (bicyclic) bond motifs is 2. The minimum absolute atomic E-state index is 0.0650. The summed E-state index contributed by atoms with van der Waals surface area (Å²) in [7, 11) is 0. The van der Waals surface area contributed by atoms with Crippen molar-refractivity contribution in [2.24, 2.45) is 10.5 Å². The van der Waals surface area contributed by atoms with E-state index >= 15 is 0 Å². The zero-order valence-corrected chi connectivity index (χ0v) is 22.7. The van der Waals surface area contributed by atoms with E-state index < -0.39 is 5.97 Å². The van der Waals surface area contributed by atoms with Gasteiger partial charge in [-0.25, -0.2) is 4.79 Å². The molecule has 0 radical (unpaired) electrons. The number of esters is 1. The molecule has 2 aromatic carbocycles. The van der Waals surface area contributed by atoms with Crippen LogP contribution < -0.4 is 10.2 Å². The molecule has 2 heterocycles. The maximum Gasteiger partial charge on any atom is 0.380 e. The highest BCUT2D eigenvalue weighted by atomic mass is 79.9. The minimum Gasteiger partial charge on any atom is -0.453 e. The molecule has 0 saturated heterocycles. The standard InChI is InChI=1S/C27H23Br2N3O3/c1-15-22-20(32-31-16-8-5-4-6-9-16)13-27(2,3)14-21(22)34-24(15)26(33)35-25-19(29)12-18(28)17-10-7-11-30-23(17)25/h4-12,31H,13-14H2,1-3H3/b32-20-. The van der Waals surface area contributed by atoms with Gasteiger partial charge in [0.1, 0.15) is 11.3 Å². The van der Waals surface area contributed by atoms with Gasteiger partial charge in [-0.1, -0.05) is 54.0 Å². The molecule has 1 aliphatic rings. The van der Waals surface area contributed by atoms with Crippen molar-refractivity contribution in [2.45, 2.75) is 33.6 Å². The Hall–Kier alpha value is -2.97. The first-order chi connectivity index (χ1) is 16.7. The Morgan fingerprint density at radius 1 is 1.11 bits per heavy atom. The average molecular weight is 597 g/mol. The molecular formula is C27H23Br2N3O3. The van der Waals surface area contributed by atoms with Gasteiger partial charge in [-0.3, -0.25) is 10.4 Å². The number of furan rings is 1. The first-order valence-corrected chi connectivity index (χ1v) is 12.8. The molecule has 4 aromatic rings. The Labute approximate surface area is 220 Å². The molecule has 0 amide bonds. The maximum atomic E-state index is 13.3. The molecule has 35 heavy (non-hydrogen) atoms. The van der Waals surface area contributed by atoms with Crippen LogP contribution in [0.4, 0.5) is 5.69 Å². The largest absolute Gasteiger partial charge is 0.453 e. The quantitative estimate of drug-likeness (QED) is 0.149. The van der Waals surface area contributed by atoms with Crippen molar-refractivity contribution in [3.63, 3.8) is 0 Å². The molecule has 0 unspecified atom stereocenters. The zero-order chi connectivity index (χ0) is 24.7. The Bertz CT molecular complexity index is 1480. The fourth-order valence-corrected chi connectivity index (χ4v) is 5.79. The molecule has 0 fully saturated rings. The van der Waals surface area contributed by atoms with Crippen LogP contribution in [0, 0.1) is 12.3 Å². The van der Waals surface area contributed by atoms with E-state index in [-0.39, 0.29) is 11.2 Å². The monoisotopic (exact) mass is 595 g/mol. The van der Waals surface area contributed by atoms with Crippen LogP contribution in [0.15, 0.2) is 73.2 Å². The molecule has 5 rings (SSSR count). The van der Waals surface area contributed by atoms with Gasteiger partial charge in [0.25, 0.3) is 0 Å². The summed E-state index contributed by atoms with van der Waals surface area (Å²) >= 11 is 7.05. The van der Waals surface area contributed by atoms with Crippen molar-refractivity contribution in [2.75, 3.05) is 5.43 Å². The number of para-hydroxylation sites is 1. The lowest BCUT2D eigenvalue weighted by atomic mass is 9.75. The van der Waals surface area contributed by atoms with Gasteiger partial charge in [0.2, 0.25) is 5.76 Å². The van der Waals surface area contributed by atoms with E-state index in [0.29, 0.717) is 22.2 Å². The lowest BCUT2D eigenvalue weighted by Gasteiger charge is -2.29. The van der Waals surface area contributed by atoms with Crippen molar-refractivity contribution >= 4 is 60.1 Å². The highest BCUT2D eigenvalue weighted by Gasteiger charge is 2.36. The first kappa shape index (κ1) is 23.8. The van der Waals surface area contributed by atoms with Gasteiger partial charge in [-0.05, 0) is 59.0 Å². The molecule has 1 N–H and O–H groups in total. The van der Waals surface area contributed by atoms with Gasteiger partial charge in [0, 0.05) is 33.6 Å². The molecule has 0 bridgehead atoms. The number of anilines is 1. The molecular weight excluding hydrogens is 574 g/mol. The lowest BCUT2D eigenvalue weighted by molar-refractivity contribution is 0.0698. The van der Waals surface area contributed by atoms with Crippen LogP contribution in [-0.2, 0) is 6.42 Å². The second-order valence-corrected chi connectivity index (χ2v) is 11.1. The van der Waals surface area contributed by atoms with Crippen LogP contribution >= 0.6 is 31.9 Å². The molecule has 0 atom stereocenters. The van der Waals surface area contributed by atoms with Gasteiger partial charge in [-0.15, -0.1) is 0 Å². The third kappa shape index (κ3) is 4.65. The number of ether oxygens (including phenoxy) is 1. The minimum atomic E-state index is -0.569. The van der Waals surface area contributed by atoms with Crippen molar-refractivity contribution < 1.29 is 13.9 Å². The Balaban J connectivity index is 1.52. The molecule has 0 spiro atoms. The predicted octanol–water partition coefficient (Wildman–Crippen LogP) is 7.67. The van der Waals surface area contributed by atoms with Crippen LogP contribution in [0.2, 0.25) is 0 Å². The van der Waals surface area contributed by atoms with Gasteiger partial charge in [0.05, 0.1) is 15.9 Å². The Morgan fingerprint density at radius 3 is 2.66 bits per heavy atom. The number of nitrogens with one attached hydrogen (secondary N) is 1. The van der Waals surface area contributed by atoms with E-state index in [9.17, 15) is 4.79 Å². The number of halogens is 2. The van der Waals surface area contributed by atoms with Crippen LogP contribution in [0.3, 0.4) is 0 Å². The number of hydrazone groups is 1. The predicted molar refractivity (Wildman–Crippen MR) is 144 cm³/mol. The molecule has 6 nitrogen and oxygen atoms in total. The number of nitrogens with zero attached hydrogens (tertiary/aromatic N) is 2. The number of rotatable bonds is 4. The van der Waals surface area contributed by atoms with E-state index in [1.54, 1.807) is 6.20 Å². The van der Waals surface area contributed by atoms with Crippen LogP contribution in [0.5, 0.6) is 5.75 Å². The maximum absolute atomic E-state index is 13.3. The molecule has 0 aliphatic heterocycles. The number of hydrogen-bond acceptors (Lipinski definition) is 6. The third-order valence-corrected chi connectivity index (χ3v) is 7.26. The summed E-state index contributed by atoms with van der Waals surface area (Å²) in [5.41, 5.74) is 7.00. The van der Waals surface area contributed by atoms with E-state index in [0.717, 1.165) is 44.6 Å². The van der Waals surface area contributed by atoms with Crippen molar-refractivity contribution in [3.05, 3.63) is 86.3 Å². The molecule has 0 saturated carbocycles. The summed E-state index contributed by atoms with van der Waals surface area (Å²) in [5, 5.41) is 5.55. The first-order valence-electron chi connectivity index (χ1n) is 11.2. The molecule has 8 heteroatoms. The van der Waals surface area contributed by atoms with Crippen molar-refractivity contribution in [3.8, 4) is 5.75 Å². The SMILES string of the molecule is Cc1c(C(=O)Oc2c(Br)cc(Br)c3cccnc23)oc2c1/C(=N\Nc1ccccc1)CC(C)(C)C2. The number of hydrogen-bond donors (Lipinski definition) is 1. The smallest absolute Gasteiger partial charge is 0.380 e. The van der Waals surface area contributed by atoms with Crippen molar-refractivity contribution in [1.82, 2.24) is 4.98 Å². The van der Waals surface area contributed by atoms with E-state index in [1.165, 1.54) is 0 Å². The van der Waals surface area contributed by atoms with Gasteiger partial charge in [0.15, 0.2) is 5.75 Å². The Kier molecular flexibility index (Phi) is 6.27. The van der Waals surface area contributed by atoms with Crippen LogP contribution in [-0.4, -0.2) is 16.7 Å². The average Bonchev–Trinajstić information content (AvgIpc) is 3.15. The van der Waals surface area contributed by atoms with Crippen LogP contribution in [0.25, 0.3) is 10.9 Å². The van der Waals surface area contributed by atoms with Gasteiger partial charge < -0.3 is 9.15 Å². The van der Waals surface area contributed by atoms with Gasteiger partial charge >= 0.3 is 5.97 Å². The highest BCUT2D eigenvalue weighted by molar-refractivity contribution is 9.11. The normalized spacial score (nSPS) is 15.7. The van der Waals surface area contributed by atoms with Gasteiger partial charge in [-0.2, -0.15) is 5.10 Å². The number of pyridine rings is 1. The number of benzene rings is 2. The summed E-state index contributed by atoms with van der Waals surface area (Å²) in [5.74, 6) is 0.707. The third-order valence-electron chi connectivity index (χ3n) is 6.02. The number of aromatic nitrogens is 1. The van der Waals surface area contributed by atoms with E-state index in [2.05, 4.69) is 56.1 Å². The summed E-state index contributed by atoms with van der Waals surface area (Å²) in [6.45, 7) is 6.21. The zero-order valence-electron chi connectivity index (χ0n) is 19.5. The van der Waals surface area contributed by atoms with E-state index in [1.807, 2.05) is 55.5 Å². The topological polar surface area (TPSA) is 76.7 Å². The summed E-state index contributed by atoms with van der Waals surface area (Å²) in [4.78, 5) is 17.8. The molecule has 1 aliphatic carbocycles. The summed E-state index contributed by atoms with van der Waals surface area (Å²) in [6.07, 6.45) is 3.12.